The Balaban J connectivity index is 1.56. The van der Waals surface area contributed by atoms with E-state index in [0.29, 0.717) is 17.7 Å². The van der Waals surface area contributed by atoms with Gasteiger partial charge in [-0.1, -0.05) is 35.9 Å². The molecule has 1 amide bonds. The molecule has 3 rings (SSSR count). The Labute approximate surface area is 183 Å². The van der Waals surface area contributed by atoms with Gasteiger partial charge >= 0.3 is 0 Å². The highest BCUT2D eigenvalue weighted by Gasteiger charge is 2.20. The van der Waals surface area contributed by atoms with Crippen molar-refractivity contribution in [2.75, 3.05) is 13.6 Å². The zero-order valence-electron chi connectivity index (χ0n) is 18.3. The molecule has 2 aromatic carbocycles. The number of carbonyl (C=O) groups is 1. The van der Waals surface area contributed by atoms with E-state index in [-0.39, 0.29) is 23.8 Å². The van der Waals surface area contributed by atoms with Crippen LogP contribution in [-0.4, -0.2) is 42.6 Å². The third-order valence-corrected chi connectivity index (χ3v) is 6.77. The Kier molecular flexibility index (Phi) is 6.92. The van der Waals surface area contributed by atoms with Crippen LogP contribution < -0.4 is 4.72 Å². The van der Waals surface area contributed by atoms with Gasteiger partial charge in [0.15, 0.2) is 0 Å². The van der Waals surface area contributed by atoms with Gasteiger partial charge in [-0.3, -0.25) is 4.79 Å². The largest absolute Gasteiger partial charge is 0.341 e. The van der Waals surface area contributed by atoms with Crippen molar-refractivity contribution in [1.82, 2.24) is 19.4 Å². The minimum Gasteiger partial charge on any atom is -0.341 e. The molecule has 0 saturated carbocycles. The second-order valence-corrected chi connectivity index (χ2v) is 9.46. The quantitative estimate of drug-likeness (QED) is 0.583. The summed E-state index contributed by atoms with van der Waals surface area (Å²) in [6.07, 6.45) is 3.68. The van der Waals surface area contributed by atoms with E-state index in [1.54, 1.807) is 36.7 Å². The molecule has 0 radical (unpaired) electrons. The Bertz CT molecular complexity index is 1150. The highest BCUT2D eigenvalue weighted by molar-refractivity contribution is 7.89. The molecule has 31 heavy (non-hydrogen) atoms. The normalized spacial score (nSPS) is 11.5. The lowest BCUT2D eigenvalue weighted by Crippen LogP contribution is -2.32. The van der Waals surface area contributed by atoms with E-state index < -0.39 is 10.0 Å². The van der Waals surface area contributed by atoms with Gasteiger partial charge in [0, 0.05) is 38.3 Å². The van der Waals surface area contributed by atoms with Crippen molar-refractivity contribution in [3.8, 4) is 5.69 Å². The number of amides is 1. The van der Waals surface area contributed by atoms with Crippen molar-refractivity contribution in [2.45, 2.75) is 38.6 Å². The maximum absolute atomic E-state index is 12.7. The molecule has 7 nitrogen and oxygen atoms in total. The monoisotopic (exact) mass is 440 g/mol. The molecule has 1 N–H and O–H groups in total. The summed E-state index contributed by atoms with van der Waals surface area (Å²) >= 11 is 0. The van der Waals surface area contributed by atoms with Crippen LogP contribution in [0.5, 0.6) is 0 Å². The summed E-state index contributed by atoms with van der Waals surface area (Å²) in [6.45, 7) is 5.93. The molecule has 1 aromatic heterocycles. The van der Waals surface area contributed by atoms with Crippen LogP contribution in [0.1, 0.15) is 28.7 Å². The van der Waals surface area contributed by atoms with Crippen LogP contribution in [0.3, 0.4) is 0 Å². The van der Waals surface area contributed by atoms with E-state index in [9.17, 15) is 13.2 Å². The van der Waals surface area contributed by atoms with Gasteiger partial charge in [0.2, 0.25) is 15.9 Å². The zero-order chi connectivity index (χ0) is 22.6. The molecule has 0 aliphatic heterocycles. The van der Waals surface area contributed by atoms with Crippen LogP contribution in [0.15, 0.2) is 59.8 Å². The van der Waals surface area contributed by atoms with Crippen LogP contribution in [0.25, 0.3) is 5.69 Å². The smallest absolute Gasteiger partial charge is 0.241 e. The van der Waals surface area contributed by atoms with Crippen LogP contribution in [0, 0.1) is 20.8 Å². The molecule has 0 aliphatic rings. The van der Waals surface area contributed by atoms with Crippen molar-refractivity contribution in [2.24, 2.45) is 0 Å². The standard InChI is InChI=1S/C23H28N4O3S/c1-17-12-18(2)23(19(3)13-17)31(29,30)25-11-10-22(28)26(4)15-20-14-24-27(16-20)21-8-6-5-7-9-21/h5-9,12-14,16,25H,10-11,15H2,1-4H3. The number of aromatic nitrogens is 2. The van der Waals surface area contributed by atoms with E-state index >= 15 is 0 Å². The Hall–Kier alpha value is -2.97. The lowest BCUT2D eigenvalue weighted by molar-refractivity contribution is -0.130. The van der Waals surface area contributed by atoms with E-state index in [0.717, 1.165) is 16.8 Å². The number of hydrogen-bond acceptors (Lipinski definition) is 4. The van der Waals surface area contributed by atoms with Gasteiger partial charge < -0.3 is 4.90 Å². The van der Waals surface area contributed by atoms with Crippen molar-refractivity contribution in [1.29, 1.82) is 0 Å². The molecule has 0 saturated heterocycles. The highest BCUT2D eigenvalue weighted by Crippen LogP contribution is 2.21. The molecule has 0 bridgehead atoms. The average molecular weight is 441 g/mol. The number of sulfonamides is 1. The Morgan fingerprint density at radius 1 is 1.10 bits per heavy atom. The van der Waals surface area contributed by atoms with Crippen molar-refractivity contribution in [3.63, 3.8) is 0 Å². The SMILES string of the molecule is Cc1cc(C)c(S(=O)(=O)NCCC(=O)N(C)Cc2cnn(-c3ccccc3)c2)c(C)c1. The number of para-hydroxylation sites is 1. The summed E-state index contributed by atoms with van der Waals surface area (Å²) < 4.78 is 29.8. The molecule has 0 aliphatic carbocycles. The summed E-state index contributed by atoms with van der Waals surface area (Å²) in [4.78, 5) is 14.3. The Morgan fingerprint density at radius 2 is 1.74 bits per heavy atom. The average Bonchev–Trinajstić information content (AvgIpc) is 3.15. The first-order valence-corrected chi connectivity index (χ1v) is 11.6. The third kappa shape index (κ3) is 5.59. The molecule has 8 heteroatoms. The maximum Gasteiger partial charge on any atom is 0.241 e. The van der Waals surface area contributed by atoms with Crippen LogP contribution in [-0.2, 0) is 21.4 Å². The number of benzene rings is 2. The van der Waals surface area contributed by atoms with Gasteiger partial charge in [-0.2, -0.15) is 5.10 Å². The number of nitrogens with one attached hydrogen (secondary N) is 1. The van der Waals surface area contributed by atoms with Crippen LogP contribution >= 0.6 is 0 Å². The predicted octanol–water partition coefficient (Wildman–Crippen LogP) is 3.12. The number of rotatable bonds is 8. The fraction of sp³-hybridized carbons (Fsp3) is 0.304. The molecule has 3 aromatic rings. The highest BCUT2D eigenvalue weighted by atomic mass is 32.2. The second-order valence-electron chi connectivity index (χ2n) is 7.75. The van der Waals surface area contributed by atoms with Crippen LogP contribution in [0.4, 0.5) is 0 Å². The lowest BCUT2D eigenvalue weighted by Gasteiger charge is -2.17. The van der Waals surface area contributed by atoms with Crippen LogP contribution in [0.2, 0.25) is 0 Å². The molecule has 164 valence electrons. The molecule has 1 heterocycles. The number of carbonyl (C=O) groups excluding carboxylic acids is 1. The number of hydrogen-bond donors (Lipinski definition) is 1. The molecule has 0 fully saturated rings. The van der Waals surface area contributed by atoms with Crippen molar-refractivity contribution < 1.29 is 13.2 Å². The summed E-state index contributed by atoms with van der Waals surface area (Å²) in [5.41, 5.74) is 4.25. The van der Waals surface area contributed by atoms with Gasteiger partial charge in [-0.25, -0.2) is 17.8 Å². The third-order valence-electron chi connectivity index (χ3n) is 5.01. The minimum absolute atomic E-state index is 0.0432. The van der Waals surface area contributed by atoms with Gasteiger partial charge in [-0.15, -0.1) is 0 Å². The fourth-order valence-corrected chi connectivity index (χ4v) is 5.15. The first-order valence-electron chi connectivity index (χ1n) is 10.1. The van der Waals surface area contributed by atoms with E-state index in [2.05, 4.69) is 9.82 Å². The molecular weight excluding hydrogens is 412 g/mol. The van der Waals surface area contributed by atoms with Crippen molar-refractivity contribution >= 4 is 15.9 Å². The molecule has 0 atom stereocenters. The summed E-state index contributed by atoms with van der Waals surface area (Å²) in [6, 6.07) is 13.4. The number of aryl methyl sites for hydroxylation is 3. The topological polar surface area (TPSA) is 84.3 Å². The second kappa shape index (κ2) is 9.45. The first kappa shape index (κ1) is 22.7. The van der Waals surface area contributed by atoms with E-state index in [1.165, 1.54) is 0 Å². The lowest BCUT2D eigenvalue weighted by atomic mass is 10.1. The summed E-state index contributed by atoms with van der Waals surface area (Å²) in [7, 11) is -1.98. The van der Waals surface area contributed by atoms with Gasteiger partial charge in [0.1, 0.15) is 0 Å². The zero-order valence-corrected chi connectivity index (χ0v) is 19.1. The van der Waals surface area contributed by atoms with Crippen molar-refractivity contribution in [3.05, 3.63) is 77.1 Å². The summed E-state index contributed by atoms with van der Waals surface area (Å²) in [5, 5.41) is 4.34. The maximum atomic E-state index is 12.7. The molecular formula is C23H28N4O3S. The van der Waals surface area contributed by atoms with Gasteiger partial charge in [-0.05, 0) is 44.0 Å². The Morgan fingerprint density at radius 3 is 2.39 bits per heavy atom. The molecule has 0 spiro atoms. The van der Waals surface area contributed by atoms with Gasteiger partial charge in [0.05, 0.1) is 16.8 Å². The predicted molar refractivity (Wildman–Crippen MR) is 120 cm³/mol. The minimum atomic E-state index is -3.68. The van der Waals surface area contributed by atoms with E-state index in [4.69, 9.17) is 0 Å². The first-order chi connectivity index (χ1) is 14.7. The summed E-state index contributed by atoms with van der Waals surface area (Å²) in [5.74, 6) is -0.146. The molecule has 0 unspecified atom stereocenters. The van der Waals surface area contributed by atoms with E-state index in [1.807, 2.05) is 55.6 Å². The number of nitrogens with zero attached hydrogens (tertiary/aromatic N) is 3. The fourth-order valence-electron chi connectivity index (χ4n) is 3.67. The van der Waals surface area contributed by atoms with Gasteiger partial charge in [0.25, 0.3) is 0 Å².